The van der Waals surface area contributed by atoms with Crippen molar-refractivity contribution in [1.82, 2.24) is 4.90 Å². The summed E-state index contributed by atoms with van der Waals surface area (Å²) >= 11 is 7.52. The third kappa shape index (κ3) is 2.57. The number of carbonyl (C=O) groups excluding carboxylic acids is 1. The van der Waals surface area contributed by atoms with Gasteiger partial charge in [-0.2, -0.15) is 0 Å². The van der Waals surface area contributed by atoms with Crippen LogP contribution in [0.25, 0.3) is 0 Å². The molecule has 3 atom stereocenters. The third-order valence-corrected chi connectivity index (χ3v) is 6.89. The maximum atomic E-state index is 12.8. The van der Waals surface area contributed by atoms with Gasteiger partial charge in [0.05, 0.1) is 10.6 Å². The van der Waals surface area contributed by atoms with Crippen molar-refractivity contribution in [3.63, 3.8) is 0 Å². The van der Waals surface area contributed by atoms with Crippen LogP contribution in [0.5, 0.6) is 0 Å². The van der Waals surface area contributed by atoms with E-state index in [2.05, 4.69) is 0 Å². The molecular weight excluding hydrogens is 342 g/mol. The lowest BCUT2D eigenvalue weighted by molar-refractivity contribution is -0.0644. The maximum absolute atomic E-state index is 12.8. The zero-order valence-corrected chi connectivity index (χ0v) is 14.9. The Kier molecular flexibility index (Phi) is 4.15. The molecule has 4 rings (SSSR count). The number of nitrogens with zero attached hydrogens (tertiary/aromatic N) is 1. The molecule has 24 heavy (non-hydrogen) atoms. The molecule has 3 nitrogen and oxygen atoms in total. The van der Waals surface area contributed by atoms with E-state index >= 15 is 0 Å². The Balaban J connectivity index is 1.61. The van der Waals surface area contributed by atoms with E-state index in [1.807, 2.05) is 40.6 Å². The Hall–Kier alpha value is -1.36. The van der Waals surface area contributed by atoms with Crippen LogP contribution in [0.1, 0.15) is 34.5 Å². The number of amides is 1. The number of halogens is 1. The van der Waals surface area contributed by atoms with Crippen molar-refractivity contribution < 1.29 is 9.90 Å². The van der Waals surface area contributed by atoms with E-state index in [4.69, 9.17) is 11.6 Å². The van der Waals surface area contributed by atoms with Gasteiger partial charge in [0.1, 0.15) is 4.88 Å². The summed E-state index contributed by atoms with van der Waals surface area (Å²) in [6.07, 6.45) is 2.83. The van der Waals surface area contributed by atoms with Gasteiger partial charge >= 0.3 is 0 Å². The highest BCUT2D eigenvalue weighted by atomic mass is 35.5. The molecule has 1 amide bonds. The molecule has 2 aliphatic rings. The standard InChI is InChI=1S/C19H20ClNO2S/c20-16-8-10-24-17(16)18(22)21-11-13-5-4-9-19(23,15(13)12-21)14-6-2-1-3-7-14/h1-3,6-8,10,13,15,23H,4-5,9,11-12H2/t13-,15+,19+/m1/s1. The molecule has 1 saturated heterocycles. The lowest BCUT2D eigenvalue weighted by Crippen LogP contribution is -2.42. The summed E-state index contributed by atoms with van der Waals surface area (Å²) in [5.74, 6) is 0.447. The van der Waals surface area contributed by atoms with Gasteiger partial charge in [0, 0.05) is 19.0 Å². The van der Waals surface area contributed by atoms with E-state index in [9.17, 15) is 9.90 Å². The van der Waals surface area contributed by atoms with E-state index in [0.717, 1.165) is 24.8 Å². The highest BCUT2D eigenvalue weighted by molar-refractivity contribution is 7.12. The van der Waals surface area contributed by atoms with Crippen molar-refractivity contribution in [2.24, 2.45) is 11.8 Å². The topological polar surface area (TPSA) is 40.5 Å². The van der Waals surface area contributed by atoms with E-state index in [1.165, 1.54) is 11.3 Å². The van der Waals surface area contributed by atoms with Crippen molar-refractivity contribution in [2.75, 3.05) is 13.1 Å². The molecule has 1 aromatic carbocycles. The summed E-state index contributed by atoms with van der Waals surface area (Å²) in [6, 6.07) is 11.7. The number of benzene rings is 1. The van der Waals surface area contributed by atoms with Crippen LogP contribution in [0.15, 0.2) is 41.8 Å². The summed E-state index contributed by atoms with van der Waals surface area (Å²) in [5, 5.41) is 13.8. The molecule has 1 aliphatic carbocycles. The molecule has 0 bridgehead atoms. The van der Waals surface area contributed by atoms with Gasteiger partial charge in [-0.1, -0.05) is 41.9 Å². The van der Waals surface area contributed by atoms with Crippen LogP contribution in [0.2, 0.25) is 5.02 Å². The second-order valence-corrected chi connectivity index (χ2v) is 8.18. The zero-order valence-electron chi connectivity index (χ0n) is 13.3. The van der Waals surface area contributed by atoms with Crippen LogP contribution in [0, 0.1) is 11.8 Å². The molecule has 1 N–H and O–H groups in total. The number of thiophene rings is 1. The third-order valence-electron chi connectivity index (χ3n) is 5.56. The highest BCUT2D eigenvalue weighted by Gasteiger charge is 2.50. The minimum atomic E-state index is -0.835. The molecule has 1 aliphatic heterocycles. The molecule has 0 spiro atoms. The molecular formula is C19H20ClNO2S. The van der Waals surface area contributed by atoms with Crippen LogP contribution in [-0.2, 0) is 5.60 Å². The van der Waals surface area contributed by atoms with Crippen LogP contribution in [0.3, 0.4) is 0 Å². The van der Waals surface area contributed by atoms with Crippen LogP contribution in [0.4, 0.5) is 0 Å². The van der Waals surface area contributed by atoms with Gasteiger partial charge in [0.25, 0.3) is 5.91 Å². The Morgan fingerprint density at radius 3 is 2.75 bits per heavy atom. The summed E-state index contributed by atoms with van der Waals surface area (Å²) in [7, 11) is 0. The van der Waals surface area contributed by atoms with E-state index < -0.39 is 5.60 Å². The molecule has 1 aromatic heterocycles. The second-order valence-electron chi connectivity index (χ2n) is 6.86. The fraction of sp³-hybridized carbons (Fsp3) is 0.421. The zero-order chi connectivity index (χ0) is 16.7. The number of fused-ring (bicyclic) bond motifs is 1. The highest BCUT2D eigenvalue weighted by Crippen LogP contribution is 2.48. The lowest BCUT2D eigenvalue weighted by Gasteiger charge is -2.41. The largest absolute Gasteiger partial charge is 0.385 e. The monoisotopic (exact) mass is 361 g/mol. The smallest absolute Gasteiger partial charge is 0.265 e. The van der Waals surface area contributed by atoms with E-state index in [1.54, 1.807) is 6.07 Å². The number of rotatable bonds is 2. The Bertz CT molecular complexity index is 747. The fourth-order valence-corrected chi connectivity index (χ4v) is 5.47. The predicted octanol–water partition coefficient (Wildman–Crippen LogP) is 4.16. The van der Waals surface area contributed by atoms with Gasteiger partial charge in [-0.05, 0) is 42.2 Å². The lowest BCUT2D eigenvalue weighted by atomic mass is 9.67. The Morgan fingerprint density at radius 1 is 1.25 bits per heavy atom. The van der Waals surface area contributed by atoms with Crippen LogP contribution < -0.4 is 0 Å². The Labute approximate surface area is 150 Å². The summed E-state index contributed by atoms with van der Waals surface area (Å²) < 4.78 is 0. The predicted molar refractivity (Wildman–Crippen MR) is 96.4 cm³/mol. The van der Waals surface area contributed by atoms with Crippen molar-refractivity contribution in [3.8, 4) is 0 Å². The number of carbonyl (C=O) groups is 1. The molecule has 5 heteroatoms. The number of aliphatic hydroxyl groups is 1. The summed E-state index contributed by atoms with van der Waals surface area (Å²) in [6.45, 7) is 1.32. The number of hydrogen-bond donors (Lipinski definition) is 1. The molecule has 2 fully saturated rings. The molecule has 0 radical (unpaired) electrons. The molecule has 2 aromatic rings. The first kappa shape index (κ1) is 16.1. The SMILES string of the molecule is O=C(c1sccc1Cl)N1C[C@H]2CCC[C@](O)(c3ccccc3)[C@H]2C1. The quantitative estimate of drug-likeness (QED) is 0.872. The van der Waals surface area contributed by atoms with Crippen LogP contribution in [-0.4, -0.2) is 29.0 Å². The molecule has 2 heterocycles. The number of hydrogen-bond acceptors (Lipinski definition) is 3. The first-order valence-electron chi connectivity index (χ1n) is 8.40. The van der Waals surface area contributed by atoms with Crippen molar-refractivity contribution in [3.05, 3.63) is 57.2 Å². The van der Waals surface area contributed by atoms with Gasteiger partial charge in [0.2, 0.25) is 0 Å². The van der Waals surface area contributed by atoms with Crippen molar-refractivity contribution in [1.29, 1.82) is 0 Å². The summed E-state index contributed by atoms with van der Waals surface area (Å²) in [4.78, 5) is 15.3. The minimum absolute atomic E-state index is 0.000174. The average Bonchev–Trinajstić information content (AvgIpc) is 3.22. The fourth-order valence-electron chi connectivity index (χ4n) is 4.36. The van der Waals surface area contributed by atoms with Crippen molar-refractivity contribution in [2.45, 2.75) is 24.9 Å². The van der Waals surface area contributed by atoms with E-state index in [-0.39, 0.29) is 11.8 Å². The molecule has 0 unspecified atom stereocenters. The average molecular weight is 362 g/mol. The minimum Gasteiger partial charge on any atom is -0.385 e. The number of likely N-dealkylation sites (tertiary alicyclic amines) is 1. The maximum Gasteiger partial charge on any atom is 0.265 e. The van der Waals surface area contributed by atoms with Crippen LogP contribution >= 0.6 is 22.9 Å². The second kappa shape index (κ2) is 6.17. The van der Waals surface area contributed by atoms with Gasteiger partial charge in [0.15, 0.2) is 0 Å². The Morgan fingerprint density at radius 2 is 2.04 bits per heavy atom. The first-order valence-corrected chi connectivity index (χ1v) is 9.65. The van der Waals surface area contributed by atoms with Gasteiger partial charge in [-0.25, -0.2) is 0 Å². The van der Waals surface area contributed by atoms with Gasteiger partial charge < -0.3 is 10.0 Å². The normalized spacial score (nSPS) is 29.5. The summed E-state index contributed by atoms with van der Waals surface area (Å²) in [5.41, 5.74) is 0.140. The van der Waals surface area contributed by atoms with Gasteiger partial charge in [-0.15, -0.1) is 11.3 Å². The van der Waals surface area contributed by atoms with Gasteiger partial charge in [-0.3, -0.25) is 4.79 Å². The van der Waals surface area contributed by atoms with E-state index in [0.29, 0.717) is 28.9 Å². The first-order chi connectivity index (χ1) is 11.6. The molecule has 1 saturated carbocycles. The van der Waals surface area contributed by atoms with Crippen molar-refractivity contribution >= 4 is 28.8 Å². The molecule has 126 valence electrons.